The molecule has 0 rings (SSSR count). The van der Waals surface area contributed by atoms with Gasteiger partial charge in [0, 0.05) is 0 Å². The van der Waals surface area contributed by atoms with Gasteiger partial charge in [-0.05, 0) is 0 Å². The van der Waals surface area contributed by atoms with E-state index in [1.54, 1.807) is 0 Å². The standard InChI is InChI=1S/3C3H7O.Y/c3*1-3(2)4;/h3*3H,1-2H3;/q3*-1;+3. The van der Waals surface area contributed by atoms with Gasteiger partial charge in [-0.2, -0.15) is 0 Å². The van der Waals surface area contributed by atoms with E-state index < -0.39 is 29.0 Å². The topological polar surface area (TPSA) is 27.7 Å². The van der Waals surface area contributed by atoms with Crippen LogP contribution in [0.3, 0.4) is 0 Å². The summed E-state index contributed by atoms with van der Waals surface area (Å²) in [5.41, 5.74) is 0. The van der Waals surface area contributed by atoms with E-state index in [1.165, 1.54) is 0 Å². The zero-order valence-corrected chi connectivity index (χ0v) is 12.4. The molecule has 0 aromatic heterocycles. The van der Waals surface area contributed by atoms with Crippen molar-refractivity contribution in [3.8, 4) is 0 Å². The van der Waals surface area contributed by atoms with Gasteiger partial charge < -0.3 is 0 Å². The van der Waals surface area contributed by atoms with Crippen LogP contribution in [0.4, 0.5) is 0 Å². The van der Waals surface area contributed by atoms with E-state index in [2.05, 4.69) is 0 Å². The molecule has 0 aromatic carbocycles. The molecule has 13 heavy (non-hydrogen) atoms. The summed E-state index contributed by atoms with van der Waals surface area (Å²) in [7, 11) is 0. The van der Waals surface area contributed by atoms with Crippen LogP contribution in [0.15, 0.2) is 0 Å². The van der Waals surface area contributed by atoms with E-state index in [4.69, 9.17) is 6.15 Å². The molecule has 0 saturated heterocycles. The molecule has 0 fully saturated rings. The van der Waals surface area contributed by atoms with Gasteiger partial charge in [-0.15, -0.1) is 0 Å². The van der Waals surface area contributed by atoms with Crippen LogP contribution in [0, 0.1) is 0 Å². The summed E-state index contributed by atoms with van der Waals surface area (Å²) >= 11 is -2.61. The average Bonchev–Trinajstić information content (AvgIpc) is 1.80. The molecule has 0 aliphatic heterocycles. The Morgan fingerprint density at radius 2 is 0.846 bits per heavy atom. The van der Waals surface area contributed by atoms with Crippen molar-refractivity contribution in [2.45, 2.75) is 59.9 Å². The molecule has 0 amide bonds. The molecule has 0 radical (unpaired) electrons. The van der Waals surface area contributed by atoms with E-state index in [0.717, 1.165) is 0 Å². The van der Waals surface area contributed by atoms with Gasteiger partial charge in [0.15, 0.2) is 0 Å². The first-order chi connectivity index (χ1) is 5.91. The third-order valence-electron chi connectivity index (χ3n) is 1.15. The molecule has 3 nitrogen and oxygen atoms in total. The molecule has 0 aromatic rings. The number of rotatable bonds is 6. The van der Waals surface area contributed by atoms with Crippen LogP contribution < -0.4 is 0 Å². The van der Waals surface area contributed by atoms with Gasteiger partial charge >= 0.3 is 95.0 Å². The summed E-state index contributed by atoms with van der Waals surface area (Å²) in [4.78, 5) is 0. The van der Waals surface area contributed by atoms with E-state index in [0.29, 0.717) is 0 Å². The fourth-order valence-electron chi connectivity index (χ4n) is 0.763. The normalized spacial score (nSPS) is 11.8. The average molecular weight is 266 g/mol. The second-order valence-corrected chi connectivity index (χ2v) is 7.27. The Hall–Kier alpha value is 0.984. The molecule has 0 saturated carbocycles. The molecule has 78 valence electrons. The van der Waals surface area contributed by atoms with Gasteiger partial charge in [-0.25, -0.2) is 0 Å². The molecule has 0 atom stereocenters. The number of hydrogen-bond acceptors (Lipinski definition) is 3. The van der Waals surface area contributed by atoms with Gasteiger partial charge in [-0.1, -0.05) is 0 Å². The van der Waals surface area contributed by atoms with Crippen molar-refractivity contribution < 1.29 is 35.1 Å². The summed E-state index contributed by atoms with van der Waals surface area (Å²) in [6.45, 7) is 12.1. The van der Waals surface area contributed by atoms with Crippen molar-refractivity contribution in [2.75, 3.05) is 0 Å². The molecule has 0 heterocycles. The quantitative estimate of drug-likeness (QED) is 0.739. The third kappa shape index (κ3) is 9.29. The third-order valence-corrected chi connectivity index (χ3v) is 6.80. The summed E-state index contributed by atoms with van der Waals surface area (Å²) in [5, 5.41) is 0. The number of hydrogen-bond donors (Lipinski definition) is 0. The molecule has 0 unspecified atom stereocenters. The second kappa shape index (κ2) is 7.30. The van der Waals surface area contributed by atoms with Gasteiger partial charge in [0.05, 0.1) is 0 Å². The molecule has 0 bridgehead atoms. The fraction of sp³-hybridized carbons (Fsp3) is 1.00. The van der Waals surface area contributed by atoms with Crippen molar-refractivity contribution in [1.82, 2.24) is 0 Å². The Balaban J connectivity index is 3.87. The van der Waals surface area contributed by atoms with Gasteiger partial charge in [0.25, 0.3) is 0 Å². The van der Waals surface area contributed by atoms with E-state index in [9.17, 15) is 0 Å². The van der Waals surface area contributed by atoms with Gasteiger partial charge in [-0.3, -0.25) is 0 Å². The first-order valence-electron chi connectivity index (χ1n) is 4.88. The fourth-order valence-corrected chi connectivity index (χ4v) is 4.51. The SMILES string of the molecule is CC(C)[O][Y]([O]C(C)C)[O]C(C)C. The summed E-state index contributed by atoms with van der Waals surface area (Å²) in [6.07, 6.45) is 0.620. The molecule has 0 aliphatic carbocycles. The Kier molecular flexibility index (Phi) is 7.85. The Bertz CT molecular complexity index is 102. The van der Waals surface area contributed by atoms with Gasteiger partial charge in [0.2, 0.25) is 0 Å². The van der Waals surface area contributed by atoms with Crippen molar-refractivity contribution >= 4 is 0 Å². The molecule has 0 N–H and O–H groups in total. The minimum atomic E-state index is -2.61. The van der Waals surface area contributed by atoms with Crippen LogP contribution in [-0.4, -0.2) is 18.3 Å². The van der Waals surface area contributed by atoms with Crippen molar-refractivity contribution in [2.24, 2.45) is 0 Å². The predicted octanol–water partition coefficient (Wildman–Crippen LogP) is 2.62. The molecule has 0 spiro atoms. The van der Waals surface area contributed by atoms with E-state index in [-0.39, 0.29) is 18.3 Å². The zero-order valence-electron chi connectivity index (χ0n) is 9.53. The summed E-state index contributed by atoms with van der Waals surface area (Å²) in [5.74, 6) is 0. The van der Waals surface area contributed by atoms with Crippen molar-refractivity contribution in [3.05, 3.63) is 0 Å². The minimum absolute atomic E-state index is 0.207. The first-order valence-corrected chi connectivity index (χ1v) is 8.35. The predicted molar refractivity (Wildman–Crippen MR) is 48.7 cm³/mol. The van der Waals surface area contributed by atoms with Gasteiger partial charge in [0.1, 0.15) is 0 Å². The van der Waals surface area contributed by atoms with Crippen molar-refractivity contribution in [3.63, 3.8) is 0 Å². The Morgan fingerprint density at radius 1 is 0.615 bits per heavy atom. The van der Waals surface area contributed by atoms with E-state index in [1.807, 2.05) is 41.5 Å². The van der Waals surface area contributed by atoms with Crippen LogP contribution >= 0.6 is 0 Å². The van der Waals surface area contributed by atoms with Crippen LogP contribution in [0.1, 0.15) is 41.5 Å². The second-order valence-electron chi connectivity index (χ2n) is 3.84. The summed E-state index contributed by atoms with van der Waals surface area (Å²) in [6, 6.07) is 0. The van der Waals surface area contributed by atoms with Crippen LogP contribution in [-0.2, 0) is 35.1 Å². The maximum absolute atomic E-state index is 5.64. The molecule has 0 aliphatic rings. The van der Waals surface area contributed by atoms with Crippen LogP contribution in [0.5, 0.6) is 0 Å². The zero-order chi connectivity index (χ0) is 10.4. The van der Waals surface area contributed by atoms with Crippen LogP contribution in [0.2, 0.25) is 0 Å². The van der Waals surface area contributed by atoms with Crippen LogP contribution in [0.25, 0.3) is 0 Å². The van der Waals surface area contributed by atoms with Crippen molar-refractivity contribution in [1.29, 1.82) is 0 Å². The maximum atomic E-state index is 5.64. The Labute approximate surface area is 94.5 Å². The first kappa shape index (κ1) is 14.0. The Morgan fingerprint density at radius 3 is 1.00 bits per heavy atom. The molecular formula is C9H21O3Y. The van der Waals surface area contributed by atoms with E-state index >= 15 is 0 Å². The monoisotopic (exact) mass is 266 g/mol. The molecular weight excluding hydrogens is 245 g/mol. The molecule has 4 heteroatoms. The summed E-state index contributed by atoms with van der Waals surface area (Å²) < 4.78 is 16.9.